The van der Waals surface area contributed by atoms with Gasteiger partial charge >= 0.3 is 5.97 Å². The number of ether oxygens (including phenoxy) is 1. The second-order valence-corrected chi connectivity index (χ2v) is 5.71. The number of cyclic esters (lactones) is 1. The first-order valence-corrected chi connectivity index (χ1v) is 7.38. The fourth-order valence-electron chi connectivity index (χ4n) is 3.17. The Hall–Kier alpha value is -1.55. The van der Waals surface area contributed by atoms with E-state index < -0.39 is 0 Å². The predicted octanol–water partition coefficient (Wildman–Crippen LogP) is 1.74. The average molecular weight is 274 g/mol. The number of anilines is 1. The first-order valence-electron chi connectivity index (χ1n) is 7.38. The minimum Gasteiger partial charge on any atom is -0.464 e. The number of hydrogen-bond donors (Lipinski definition) is 0. The molecule has 0 unspecified atom stereocenters. The van der Waals surface area contributed by atoms with E-state index in [1.165, 1.54) is 16.8 Å². The van der Waals surface area contributed by atoms with E-state index >= 15 is 0 Å². The lowest BCUT2D eigenvalue weighted by atomic mass is 10.1. The zero-order valence-corrected chi connectivity index (χ0v) is 12.3. The van der Waals surface area contributed by atoms with Crippen LogP contribution in [0.25, 0.3) is 0 Å². The molecule has 0 radical (unpaired) electrons. The molecular formula is C16H22N2O2. The number of nitrogens with zero attached hydrogens (tertiary/aromatic N) is 2. The lowest BCUT2D eigenvalue weighted by Gasteiger charge is -2.38. The number of carbonyl (C=O) groups is 1. The standard InChI is InChI=1S/C16H22N2O2/c1-12-4-3-5-14(13(12)2)17-7-9-18(10-8-17)15-6-11-20-16(15)19/h3-5,15H,6-11H2,1-2H3/t15-/m1/s1. The Bertz CT molecular complexity index is 507. The number of aryl methyl sites for hydroxylation is 1. The molecule has 0 aliphatic carbocycles. The highest BCUT2D eigenvalue weighted by atomic mass is 16.5. The van der Waals surface area contributed by atoms with Gasteiger partial charge in [-0.1, -0.05) is 12.1 Å². The van der Waals surface area contributed by atoms with Gasteiger partial charge in [-0.25, -0.2) is 0 Å². The summed E-state index contributed by atoms with van der Waals surface area (Å²) < 4.78 is 5.07. The summed E-state index contributed by atoms with van der Waals surface area (Å²) in [5, 5.41) is 0. The van der Waals surface area contributed by atoms with Crippen molar-refractivity contribution >= 4 is 11.7 Å². The number of carbonyl (C=O) groups excluding carboxylic acids is 1. The van der Waals surface area contributed by atoms with Gasteiger partial charge in [0.25, 0.3) is 0 Å². The lowest BCUT2D eigenvalue weighted by molar-refractivity contribution is -0.142. The third-order valence-corrected chi connectivity index (χ3v) is 4.58. The largest absolute Gasteiger partial charge is 0.464 e. The Morgan fingerprint density at radius 1 is 1.15 bits per heavy atom. The molecule has 0 spiro atoms. The van der Waals surface area contributed by atoms with Gasteiger partial charge in [-0.05, 0) is 31.0 Å². The summed E-state index contributed by atoms with van der Waals surface area (Å²) in [5.74, 6) is -0.0369. The van der Waals surface area contributed by atoms with Crippen LogP contribution >= 0.6 is 0 Å². The van der Waals surface area contributed by atoms with Crippen molar-refractivity contribution in [3.63, 3.8) is 0 Å². The van der Waals surface area contributed by atoms with E-state index in [1.807, 2.05) is 0 Å². The van der Waals surface area contributed by atoms with E-state index in [4.69, 9.17) is 4.74 Å². The first kappa shape index (κ1) is 13.4. The summed E-state index contributed by atoms with van der Waals surface area (Å²) in [6.45, 7) is 8.76. The molecule has 20 heavy (non-hydrogen) atoms. The number of benzene rings is 1. The van der Waals surface area contributed by atoms with Crippen LogP contribution in [0.5, 0.6) is 0 Å². The molecule has 4 heteroatoms. The normalized spacial score (nSPS) is 24.0. The quantitative estimate of drug-likeness (QED) is 0.769. The summed E-state index contributed by atoms with van der Waals surface area (Å²) in [4.78, 5) is 16.4. The third-order valence-electron chi connectivity index (χ3n) is 4.58. The molecule has 4 nitrogen and oxygen atoms in total. The second kappa shape index (κ2) is 5.44. The van der Waals surface area contributed by atoms with Crippen LogP contribution in [0.4, 0.5) is 5.69 Å². The fraction of sp³-hybridized carbons (Fsp3) is 0.562. The molecule has 108 valence electrons. The van der Waals surface area contributed by atoms with E-state index in [9.17, 15) is 4.79 Å². The average Bonchev–Trinajstić information content (AvgIpc) is 2.88. The van der Waals surface area contributed by atoms with Crippen molar-refractivity contribution in [1.82, 2.24) is 4.90 Å². The van der Waals surface area contributed by atoms with Gasteiger partial charge < -0.3 is 9.64 Å². The maximum absolute atomic E-state index is 11.6. The molecule has 2 fully saturated rings. The Morgan fingerprint density at radius 3 is 2.55 bits per heavy atom. The van der Waals surface area contributed by atoms with Gasteiger partial charge in [-0.2, -0.15) is 0 Å². The molecule has 2 heterocycles. The number of piperazine rings is 1. The highest BCUT2D eigenvalue weighted by Crippen LogP contribution is 2.25. The van der Waals surface area contributed by atoms with Gasteiger partial charge in [0, 0.05) is 38.3 Å². The van der Waals surface area contributed by atoms with Crippen molar-refractivity contribution in [2.75, 3.05) is 37.7 Å². The van der Waals surface area contributed by atoms with E-state index in [1.54, 1.807) is 0 Å². The maximum Gasteiger partial charge on any atom is 0.323 e. The SMILES string of the molecule is Cc1cccc(N2CCN([C@@H]3CCOC3=O)CC2)c1C. The van der Waals surface area contributed by atoms with Crippen molar-refractivity contribution in [2.24, 2.45) is 0 Å². The zero-order valence-electron chi connectivity index (χ0n) is 12.3. The van der Waals surface area contributed by atoms with E-state index in [0.29, 0.717) is 6.61 Å². The van der Waals surface area contributed by atoms with Gasteiger partial charge in [-0.3, -0.25) is 9.69 Å². The first-order chi connectivity index (χ1) is 9.66. The summed E-state index contributed by atoms with van der Waals surface area (Å²) in [6, 6.07) is 6.47. The minimum absolute atomic E-state index is 0.00393. The van der Waals surface area contributed by atoms with Crippen LogP contribution in [0, 0.1) is 13.8 Å². The van der Waals surface area contributed by atoms with Crippen LogP contribution in [0.3, 0.4) is 0 Å². The summed E-state index contributed by atoms with van der Waals surface area (Å²) in [6.07, 6.45) is 0.850. The van der Waals surface area contributed by atoms with Crippen LogP contribution in [0.2, 0.25) is 0 Å². The van der Waals surface area contributed by atoms with E-state index in [-0.39, 0.29) is 12.0 Å². The third kappa shape index (κ3) is 2.40. The summed E-state index contributed by atoms with van der Waals surface area (Å²) in [7, 11) is 0. The Labute approximate surface area is 120 Å². The fourth-order valence-corrected chi connectivity index (χ4v) is 3.17. The lowest BCUT2D eigenvalue weighted by Crippen LogP contribution is -2.51. The van der Waals surface area contributed by atoms with Crippen molar-refractivity contribution in [3.8, 4) is 0 Å². The minimum atomic E-state index is -0.0369. The molecule has 0 aromatic heterocycles. The van der Waals surface area contributed by atoms with Gasteiger partial charge in [0.15, 0.2) is 0 Å². The van der Waals surface area contributed by atoms with Crippen LogP contribution < -0.4 is 4.90 Å². The van der Waals surface area contributed by atoms with Crippen molar-refractivity contribution < 1.29 is 9.53 Å². The maximum atomic E-state index is 11.6. The Kier molecular flexibility index (Phi) is 3.66. The van der Waals surface area contributed by atoms with Gasteiger partial charge in [0.2, 0.25) is 0 Å². The highest BCUT2D eigenvalue weighted by molar-refractivity contribution is 5.77. The van der Waals surface area contributed by atoms with E-state index in [0.717, 1.165) is 32.6 Å². The van der Waals surface area contributed by atoms with Gasteiger partial charge in [-0.15, -0.1) is 0 Å². The second-order valence-electron chi connectivity index (χ2n) is 5.71. The molecule has 0 N–H and O–H groups in total. The Balaban J connectivity index is 1.66. The zero-order chi connectivity index (χ0) is 14.1. The molecule has 1 atom stereocenters. The van der Waals surface area contributed by atoms with Gasteiger partial charge in [0.05, 0.1) is 6.61 Å². The monoisotopic (exact) mass is 274 g/mol. The number of rotatable bonds is 2. The molecule has 1 aromatic rings. The Morgan fingerprint density at radius 2 is 1.90 bits per heavy atom. The molecule has 1 aromatic carbocycles. The topological polar surface area (TPSA) is 32.8 Å². The van der Waals surface area contributed by atoms with Crippen molar-refractivity contribution in [1.29, 1.82) is 0 Å². The molecule has 2 aliphatic heterocycles. The smallest absolute Gasteiger partial charge is 0.323 e. The van der Waals surface area contributed by atoms with Crippen LogP contribution in [-0.4, -0.2) is 49.7 Å². The molecule has 2 aliphatic rings. The molecule has 0 bridgehead atoms. The molecule has 0 saturated carbocycles. The molecular weight excluding hydrogens is 252 g/mol. The number of esters is 1. The summed E-state index contributed by atoms with van der Waals surface area (Å²) >= 11 is 0. The van der Waals surface area contributed by atoms with Crippen molar-refractivity contribution in [2.45, 2.75) is 26.3 Å². The highest BCUT2D eigenvalue weighted by Gasteiger charge is 2.34. The number of hydrogen-bond acceptors (Lipinski definition) is 4. The molecule has 0 amide bonds. The molecule has 2 saturated heterocycles. The summed E-state index contributed by atoms with van der Waals surface area (Å²) in [5.41, 5.74) is 4.03. The van der Waals surface area contributed by atoms with Crippen molar-refractivity contribution in [3.05, 3.63) is 29.3 Å². The predicted molar refractivity (Wildman–Crippen MR) is 79.1 cm³/mol. The van der Waals surface area contributed by atoms with Crippen LogP contribution in [0.1, 0.15) is 17.5 Å². The molecule has 3 rings (SSSR count). The van der Waals surface area contributed by atoms with Gasteiger partial charge in [0.1, 0.15) is 6.04 Å². The van der Waals surface area contributed by atoms with Crippen LogP contribution in [0.15, 0.2) is 18.2 Å². The van der Waals surface area contributed by atoms with E-state index in [2.05, 4.69) is 41.8 Å². The van der Waals surface area contributed by atoms with Crippen LogP contribution in [-0.2, 0) is 9.53 Å².